The molecule has 0 saturated heterocycles. The van der Waals surface area contributed by atoms with Crippen LogP contribution in [-0.2, 0) is 0 Å². The van der Waals surface area contributed by atoms with Crippen molar-refractivity contribution in [2.24, 2.45) is 0 Å². The quantitative estimate of drug-likeness (QED) is 0.578. The van der Waals surface area contributed by atoms with Crippen molar-refractivity contribution in [1.29, 1.82) is 0 Å². The fourth-order valence-corrected chi connectivity index (χ4v) is 4.32. The molecule has 0 amide bonds. The lowest BCUT2D eigenvalue weighted by atomic mass is 9.94. The second-order valence-corrected chi connectivity index (χ2v) is 7.26. The standard InChI is InChI=1S/C24H36N2/c1-9-25(10-2)23-17(5)13-21(14-18(23)6)22-15-19(7)24(20(8)16-22)26(11-3)12-4/h13-16H,9-12H2,1-8H3. The summed E-state index contributed by atoms with van der Waals surface area (Å²) >= 11 is 0. The van der Waals surface area contributed by atoms with Gasteiger partial charge in [-0.05, 0) is 113 Å². The Bertz CT molecular complexity index is 641. The molecule has 2 heteroatoms. The number of rotatable bonds is 7. The molecule has 0 aliphatic carbocycles. The zero-order valence-electron chi connectivity index (χ0n) is 18.0. The molecule has 142 valence electrons. The number of anilines is 2. The van der Waals surface area contributed by atoms with Crippen LogP contribution >= 0.6 is 0 Å². The summed E-state index contributed by atoms with van der Waals surface area (Å²) in [7, 11) is 0. The highest BCUT2D eigenvalue weighted by atomic mass is 15.1. The highest BCUT2D eigenvalue weighted by Gasteiger charge is 2.14. The Labute approximate surface area is 160 Å². The van der Waals surface area contributed by atoms with Crippen LogP contribution in [0.15, 0.2) is 24.3 Å². The van der Waals surface area contributed by atoms with Crippen LogP contribution in [0.2, 0.25) is 0 Å². The van der Waals surface area contributed by atoms with Crippen molar-refractivity contribution in [3.8, 4) is 11.1 Å². The normalized spacial score (nSPS) is 10.9. The van der Waals surface area contributed by atoms with E-state index in [4.69, 9.17) is 0 Å². The molecule has 0 spiro atoms. The molecule has 0 aliphatic rings. The fraction of sp³-hybridized carbons (Fsp3) is 0.500. The molecule has 0 aromatic heterocycles. The number of hydrogen-bond donors (Lipinski definition) is 0. The molecule has 0 N–H and O–H groups in total. The molecule has 2 rings (SSSR count). The summed E-state index contributed by atoms with van der Waals surface area (Å²) in [5, 5.41) is 0. The van der Waals surface area contributed by atoms with E-state index in [0.29, 0.717) is 0 Å². The third-order valence-corrected chi connectivity index (χ3v) is 5.47. The van der Waals surface area contributed by atoms with E-state index in [1.807, 2.05) is 0 Å². The van der Waals surface area contributed by atoms with E-state index in [-0.39, 0.29) is 0 Å². The summed E-state index contributed by atoms with van der Waals surface area (Å²) in [6.07, 6.45) is 0. The number of nitrogens with zero attached hydrogens (tertiary/aromatic N) is 2. The predicted molar refractivity (Wildman–Crippen MR) is 118 cm³/mol. The Kier molecular flexibility index (Phi) is 6.75. The summed E-state index contributed by atoms with van der Waals surface area (Å²) in [5.74, 6) is 0. The van der Waals surface area contributed by atoms with Crippen LogP contribution in [0.3, 0.4) is 0 Å². The Morgan fingerprint density at radius 3 is 0.923 bits per heavy atom. The lowest BCUT2D eigenvalue weighted by Gasteiger charge is -2.27. The summed E-state index contributed by atoms with van der Waals surface area (Å²) in [5.41, 5.74) is 10.9. The number of hydrogen-bond acceptors (Lipinski definition) is 2. The molecule has 0 bridgehead atoms. The van der Waals surface area contributed by atoms with Gasteiger partial charge in [-0.3, -0.25) is 0 Å². The van der Waals surface area contributed by atoms with Gasteiger partial charge in [-0.2, -0.15) is 0 Å². The maximum Gasteiger partial charge on any atom is 0.0425 e. The molecular formula is C24H36N2. The van der Waals surface area contributed by atoms with Crippen LogP contribution in [0.4, 0.5) is 11.4 Å². The lowest BCUT2D eigenvalue weighted by Crippen LogP contribution is -2.24. The highest BCUT2D eigenvalue weighted by molar-refractivity contribution is 5.76. The van der Waals surface area contributed by atoms with E-state index in [9.17, 15) is 0 Å². The van der Waals surface area contributed by atoms with Gasteiger partial charge < -0.3 is 9.80 Å². The van der Waals surface area contributed by atoms with Gasteiger partial charge in [0, 0.05) is 37.6 Å². The average Bonchev–Trinajstić information content (AvgIpc) is 2.60. The van der Waals surface area contributed by atoms with E-state index in [1.165, 1.54) is 44.8 Å². The molecule has 0 unspecified atom stereocenters. The largest absolute Gasteiger partial charge is 0.372 e. The molecule has 0 fully saturated rings. The van der Waals surface area contributed by atoms with Gasteiger partial charge in [0.2, 0.25) is 0 Å². The van der Waals surface area contributed by atoms with Crippen molar-refractivity contribution < 1.29 is 0 Å². The lowest BCUT2D eigenvalue weighted by molar-refractivity contribution is 0.856. The minimum atomic E-state index is 1.05. The third kappa shape index (κ3) is 3.90. The third-order valence-electron chi connectivity index (χ3n) is 5.47. The van der Waals surface area contributed by atoms with Crippen LogP contribution in [0.1, 0.15) is 49.9 Å². The SMILES string of the molecule is CCN(CC)c1c(C)cc(-c2cc(C)c(N(CC)CC)c(C)c2)cc1C. The molecule has 2 aromatic carbocycles. The molecule has 2 aromatic rings. The van der Waals surface area contributed by atoms with E-state index in [0.717, 1.165) is 26.2 Å². The van der Waals surface area contributed by atoms with Crippen LogP contribution in [-0.4, -0.2) is 26.2 Å². The Hall–Kier alpha value is -1.96. The van der Waals surface area contributed by atoms with Crippen LogP contribution in [0.25, 0.3) is 11.1 Å². The highest BCUT2D eigenvalue weighted by Crippen LogP contribution is 2.35. The summed E-state index contributed by atoms with van der Waals surface area (Å²) in [4.78, 5) is 4.91. The van der Waals surface area contributed by atoms with Crippen molar-refractivity contribution >= 4 is 11.4 Å². The molecular weight excluding hydrogens is 316 g/mol. The smallest absolute Gasteiger partial charge is 0.0425 e. The minimum absolute atomic E-state index is 1.05. The van der Waals surface area contributed by atoms with Crippen molar-refractivity contribution in [2.45, 2.75) is 55.4 Å². The molecule has 2 nitrogen and oxygen atoms in total. The fourth-order valence-electron chi connectivity index (χ4n) is 4.32. The van der Waals surface area contributed by atoms with Crippen molar-refractivity contribution in [3.05, 3.63) is 46.5 Å². The predicted octanol–water partition coefficient (Wildman–Crippen LogP) is 6.28. The zero-order valence-corrected chi connectivity index (χ0v) is 18.0. The van der Waals surface area contributed by atoms with Crippen LogP contribution < -0.4 is 9.80 Å². The van der Waals surface area contributed by atoms with Crippen molar-refractivity contribution in [2.75, 3.05) is 36.0 Å². The van der Waals surface area contributed by atoms with Gasteiger partial charge in [-0.15, -0.1) is 0 Å². The summed E-state index contributed by atoms with van der Waals surface area (Å²) in [6.45, 7) is 22.1. The zero-order chi connectivity index (χ0) is 19.4. The number of aryl methyl sites for hydroxylation is 4. The Morgan fingerprint density at radius 1 is 0.500 bits per heavy atom. The Morgan fingerprint density at radius 2 is 0.731 bits per heavy atom. The molecule has 0 atom stereocenters. The van der Waals surface area contributed by atoms with Gasteiger partial charge in [0.25, 0.3) is 0 Å². The monoisotopic (exact) mass is 352 g/mol. The maximum absolute atomic E-state index is 2.45. The van der Waals surface area contributed by atoms with Crippen molar-refractivity contribution in [3.63, 3.8) is 0 Å². The van der Waals surface area contributed by atoms with Crippen LogP contribution in [0.5, 0.6) is 0 Å². The first-order valence-corrected chi connectivity index (χ1v) is 10.1. The second kappa shape index (κ2) is 8.62. The summed E-state index contributed by atoms with van der Waals surface area (Å²) < 4.78 is 0. The minimum Gasteiger partial charge on any atom is -0.372 e. The van der Waals surface area contributed by atoms with Gasteiger partial charge in [0.1, 0.15) is 0 Å². The molecule has 0 saturated carbocycles. The van der Waals surface area contributed by atoms with E-state index in [2.05, 4.69) is 89.5 Å². The molecule has 0 aliphatic heterocycles. The van der Waals surface area contributed by atoms with E-state index < -0.39 is 0 Å². The van der Waals surface area contributed by atoms with E-state index in [1.54, 1.807) is 0 Å². The topological polar surface area (TPSA) is 6.48 Å². The van der Waals surface area contributed by atoms with Crippen molar-refractivity contribution in [1.82, 2.24) is 0 Å². The first-order chi connectivity index (χ1) is 12.4. The van der Waals surface area contributed by atoms with Crippen LogP contribution in [0, 0.1) is 27.7 Å². The first-order valence-electron chi connectivity index (χ1n) is 10.1. The first kappa shape index (κ1) is 20.4. The summed E-state index contributed by atoms with van der Waals surface area (Å²) in [6, 6.07) is 9.41. The maximum atomic E-state index is 2.45. The van der Waals surface area contributed by atoms with Gasteiger partial charge in [-0.25, -0.2) is 0 Å². The number of benzene rings is 2. The second-order valence-electron chi connectivity index (χ2n) is 7.26. The molecule has 0 heterocycles. The molecule has 0 radical (unpaired) electrons. The van der Waals surface area contributed by atoms with E-state index >= 15 is 0 Å². The van der Waals surface area contributed by atoms with Gasteiger partial charge in [0.15, 0.2) is 0 Å². The van der Waals surface area contributed by atoms with Gasteiger partial charge >= 0.3 is 0 Å². The van der Waals surface area contributed by atoms with Gasteiger partial charge in [0.05, 0.1) is 0 Å². The molecule has 26 heavy (non-hydrogen) atoms. The van der Waals surface area contributed by atoms with Gasteiger partial charge in [-0.1, -0.05) is 0 Å². The average molecular weight is 353 g/mol. The Balaban J connectivity index is 2.53.